The van der Waals surface area contributed by atoms with Gasteiger partial charge < -0.3 is 10.6 Å². The van der Waals surface area contributed by atoms with Gasteiger partial charge in [-0.3, -0.25) is 4.99 Å². The van der Waals surface area contributed by atoms with Crippen LogP contribution in [0.25, 0.3) is 0 Å². The highest BCUT2D eigenvalue weighted by molar-refractivity contribution is 5.78. The van der Waals surface area contributed by atoms with Crippen molar-refractivity contribution in [2.24, 2.45) is 16.6 Å². The summed E-state index contributed by atoms with van der Waals surface area (Å²) in [6.07, 6.45) is 6.35. The third-order valence-corrected chi connectivity index (χ3v) is 2.91. The lowest BCUT2D eigenvalue weighted by atomic mass is 10.1. The second-order valence-electron chi connectivity index (χ2n) is 4.82. The number of likely N-dealkylation sites (tertiary alicyclic amines) is 1. The lowest BCUT2D eigenvalue weighted by molar-refractivity contribution is 0.427. The van der Waals surface area contributed by atoms with Crippen molar-refractivity contribution in [2.75, 3.05) is 19.6 Å². The van der Waals surface area contributed by atoms with Crippen LogP contribution in [0.1, 0.15) is 46.0 Å². The minimum atomic E-state index is 0.714. The Morgan fingerprint density at radius 2 is 1.80 bits per heavy atom. The van der Waals surface area contributed by atoms with Crippen molar-refractivity contribution in [1.82, 2.24) is 4.90 Å². The average molecular weight is 211 g/mol. The SMILES string of the molecule is CC(C)CCN=C(N)N1CCCCCC1. The van der Waals surface area contributed by atoms with Gasteiger partial charge in [-0.15, -0.1) is 0 Å². The highest BCUT2D eigenvalue weighted by atomic mass is 15.2. The van der Waals surface area contributed by atoms with Crippen LogP contribution in [-0.4, -0.2) is 30.5 Å². The van der Waals surface area contributed by atoms with Crippen LogP contribution in [0.2, 0.25) is 0 Å². The van der Waals surface area contributed by atoms with Crippen molar-refractivity contribution >= 4 is 5.96 Å². The van der Waals surface area contributed by atoms with Crippen LogP contribution in [0, 0.1) is 5.92 Å². The summed E-state index contributed by atoms with van der Waals surface area (Å²) in [6, 6.07) is 0. The van der Waals surface area contributed by atoms with Gasteiger partial charge in [0.25, 0.3) is 0 Å². The van der Waals surface area contributed by atoms with Crippen LogP contribution in [0.4, 0.5) is 0 Å². The summed E-state index contributed by atoms with van der Waals surface area (Å²) < 4.78 is 0. The van der Waals surface area contributed by atoms with E-state index in [4.69, 9.17) is 5.73 Å². The van der Waals surface area contributed by atoms with Crippen LogP contribution in [0.15, 0.2) is 4.99 Å². The van der Waals surface area contributed by atoms with Gasteiger partial charge in [-0.05, 0) is 25.2 Å². The number of nitrogens with two attached hydrogens (primary N) is 1. The molecule has 0 amide bonds. The quantitative estimate of drug-likeness (QED) is 0.574. The molecule has 88 valence electrons. The van der Waals surface area contributed by atoms with Crippen LogP contribution in [0.3, 0.4) is 0 Å². The molecule has 3 nitrogen and oxygen atoms in total. The van der Waals surface area contributed by atoms with Crippen LogP contribution >= 0.6 is 0 Å². The lowest BCUT2D eigenvalue weighted by Gasteiger charge is -2.21. The molecule has 0 aromatic rings. The highest BCUT2D eigenvalue weighted by Gasteiger charge is 2.10. The Labute approximate surface area is 93.7 Å². The Hall–Kier alpha value is -0.730. The van der Waals surface area contributed by atoms with Gasteiger partial charge in [-0.2, -0.15) is 0 Å². The van der Waals surface area contributed by atoms with Gasteiger partial charge in [-0.25, -0.2) is 0 Å². The Morgan fingerprint density at radius 3 is 2.33 bits per heavy atom. The first-order valence-electron chi connectivity index (χ1n) is 6.25. The Balaban J connectivity index is 2.32. The summed E-state index contributed by atoms with van der Waals surface area (Å²) in [7, 11) is 0. The average Bonchev–Trinajstić information content (AvgIpc) is 2.44. The van der Waals surface area contributed by atoms with Crippen LogP contribution in [0.5, 0.6) is 0 Å². The van der Waals surface area contributed by atoms with Gasteiger partial charge in [0, 0.05) is 19.6 Å². The molecule has 0 radical (unpaired) electrons. The fraction of sp³-hybridized carbons (Fsp3) is 0.917. The van der Waals surface area contributed by atoms with Gasteiger partial charge >= 0.3 is 0 Å². The Morgan fingerprint density at radius 1 is 1.20 bits per heavy atom. The third kappa shape index (κ3) is 5.05. The van der Waals surface area contributed by atoms with E-state index in [1.165, 1.54) is 25.7 Å². The fourth-order valence-electron chi connectivity index (χ4n) is 1.84. The molecule has 1 saturated heterocycles. The van der Waals surface area contributed by atoms with Crippen molar-refractivity contribution in [1.29, 1.82) is 0 Å². The summed E-state index contributed by atoms with van der Waals surface area (Å²) in [5.74, 6) is 1.48. The van der Waals surface area contributed by atoms with Gasteiger partial charge in [-0.1, -0.05) is 26.7 Å². The number of hydrogen-bond donors (Lipinski definition) is 1. The first-order valence-corrected chi connectivity index (χ1v) is 6.25. The van der Waals surface area contributed by atoms with Crippen molar-refractivity contribution in [2.45, 2.75) is 46.0 Å². The number of rotatable bonds is 3. The van der Waals surface area contributed by atoms with E-state index in [2.05, 4.69) is 23.7 Å². The maximum atomic E-state index is 5.98. The number of nitrogens with zero attached hydrogens (tertiary/aromatic N) is 2. The minimum absolute atomic E-state index is 0.714. The minimum Gasteiger partial charge on any atom is -0.370 e. The maximum absolute atomic E-state index is 5.98. The fourth-order valence-corrected chi connectivity index (χ4v) is 1.84. The molecule has 1 aliphatic heterocycles. The molecule has 0 atom stereocenters. The van der Waals surface area contributed by atoms with E-state index < -0.39 is 0 Å². The lowest BCUT2D eigenvalue weighted by Crippen LogP contribution is -2.38. The molecule has 2 N–H and O–H groups in total. The molecule has 1 heterocycles. The molecular formula is C12H25N3. The second-order valence-corrected chi connectivity index (χ2v) is 4.82. The molecule has 1 aliphatic rings. The van der Waals surface area contributed by atoms with E-state index in [0.717, 1.165) is 32.0 Å². The van der Waals surface area contributed by atoms with Crippen molar-refractivity contribution in [3.63, 3.8) is 0 Å². The molecule has 0 bridgehead atoms. The van der Waals surface area contributed by atoms with Crippen LogP contribution < -0.4 is 5.73 Å². The summed E-state index contributed by atoms with van der Waals surface area (Å²) in [5.41, 5.74) is 5.98. The number of aliphatic imine (C=N–C) groups is 1. The summed E-state index contributed by atoms with van der Waals surface area (Å²) in [4.78, 5) is 6.69. The first-order chi connectivity index (χ1) is 7.20. The summed E-state index contributed by atoms with van der Waals surface area (Å²) in [5, 5.41) is 0. The largest absolute Gasteiger partial charge is 0.370 e. The first kappa shape index (κ1) is 12.3. The standard InChI is InChI=1S/C12H25N3/c1-11(2)7-8-14-12(13)15-9-5-3-4-6-10-15/h11H,3-10H2,1-2H3,(H2,13,14). The molecule has 0 aromatic carbocycles. The van der Waals surface area contributed by atoms with Gasteiger partial charge in [0.05, 0.1) is 0 Å². The number of guanidine groups is 1. The molecule has 15 heavy (non-hydrogen) atoms. The Kier molecular flexibility index (Phi) is 5.51. The van der Waals surface area contributed by atoms with E-state index in [0.29, 0.717) is 5.92 Å². The van der Waals surface area contributed by atoms with E-state index in [-0.39, 0.29) is 0 Å². The smallest absolute Gasteiger partial charge is 0.191 e. The maximum Gasteiger partial charge on any atom is 0.191 e. The zero-order valence-corrected chi connectivity index (χ0v) is 10.2. The molecule has 1 rings (SSSR count). The predicted molar refractivity (Wildman–Crippen MR) is 66.0 cm³/mol. The summed E-state index contributed by atoms with van der Waals surface area (Å²) in [6.45, 7) is 7.50. The predicted octanol–water partition coefficient (Wildman–Crippen LogP) is 2.22. The van der Waals surface area contributed by atoms with E-state index >= 15 is 0 Å². The topological polar surface area (TPSA) is 41.6 Å². The van der Waals surface area contributed by atoms with Gasteiger partial charge in [0.2, 0.25) is 0 Å². The second kappa shape index (κ2) is 6.70. The van der Waals surface area contributed by atoms with Crippen molar-refractivity contribution < 1.29 is 0 Å². The number of hydrogen-bond acceptors (Lipinski definition) is 1. The van der Waals surface area contributed by atoms with Gasteiger partial charge in [0.15, 0.2) is 5.96 Å². The third-order valence-electron chi connectivity index (χ3n) is 2.91. The molecule has 3 heteroatoms. The molecule has 1 fully saturated rings. The highest BCUT2D eigenvalue weighted by Crippen LogP contribution is 2.09. The summed E-state index contributed by atoms with van der Waals surface area (Å²) >= 11 is 0. The van der Waals surface area contributed by atoms with Crippen molar-refractivity contribution in [3.8, 4) is 0 Å². The zero-order chi connectivity index (χ0) is 11.1. The van der Waals surface area contributed by atoms with E-state index in [9.17, 15) is 0 Å². The molecular weight excluding hydrogens is 186 g/mol. The molecule has 0 aromatic heterocycles. The van der Waals surface area contributed by atoms with E-state index in [1.807, 2.05) is 0 Å². The molecule has 0 saturated carbocycles. The molecule has 0 spiro atoms. The molecule has 0 unspecified atom stereocenters. The Bertz CT molecular complexity index is 191. The monoisotopic (exact) mass is 211 g/mol. The van der Waals surface area contributed by atoms with Gasteiger partial charge in [0.1, 0.15) is 0 Å². The van der Waals surface area contributed by atoms with Crippen LogP contribution in [-0.2, 0) is 0 Å². The zero-order valence-electron chi connectivity index (χ0n) is 10.2. The van der Waals surface area contributed by atoms with E-state index in [1.54, 1.807) is 0 Å². The molecule has 0 aliphatic carbocycles. The van der Waals surface area contributed by atoms with Crippen molar-refractivity contribution in [3.05, 3.63) is 0 Å². The normalized spacial score (nSPS) is 19.4.